The van der Waals surface area contributed by atoms with Gasteiger partial charge in [-0.25, -0.2) is 8.42 Å². The molecule has 0 aliphatic rings. The molecule has 3 aromatic carbocycles. The van der Waals surface area contributed by atoms with Crippen molar-refractivity contribution in [2.45, 2.75) is 64.1 Å². The van der Waals surface area contributed by atoms with E-state index in [1.165, 1.54) is 17.0 Å². The van der Waals surface area contributed by atoms with Crippen molar-refractivity contribution in [3.63, 3.8) is 0 Å². The zero-order chi connectivity index (χ0) is 31.1. The average Bonchev–Trinajstić information content (AvgIpc) is 2.92. The van der Waals surface area contributed by atoms with Gasteiger partial charge in [-0.1, -0.05) is 54.4 Å². The van der Waals surface area contributed by atoms with Gasteiger partial charge in [0.25, 0.3) is 10.0 Å². The summed E-state index contributed by atoms with van der Waals surface area (Å²) in [7, 11) is -4.20. The fourth-order valence-corrected chi connectivity index (χ4v) is 6.21. The van der Waals surface area contributed by atoms with Crippen LogP contribution in [0.2, 0.25) is 10.0 Å². The lowest BCUT2D eigenvalue weighted by molar-refractivity contribution is -0.141. The Morgan fingerprint density at radius 3 is 2.14 bits per heavy atom. The zero-order valence-electron chi connectivity index (χ0n) is 24.4. The molecule has 11 heteroatoms. The van der Waals surface area contributed by atoms with Crippen LogP contribution >= 0.6 is 23.2 Å². The normalized spacial score (nSPS) is 12.4. The van der Waals surface area contributed by atoms with E-state index in [1.807, 2.05) is 27.7 Å². The molecule has 0 aliphatic heterocycles. The second-order valence-electron chi connectivity index (χ2n) is 10.7. The van der Waals surface area contributed by atoms with Crippen molar-refractivity contribution in [2.24, 2.45) is 0 Å². The van der Waals surface area contributed by atoms with Gasteiger partial charge in [0.1, 0.15) is 18.3 Å². The Morgan fingerprint density at radius 2 is 1.60 bits per heavy atom. The van der Waals surface area contributed by atoms with Crippen molar-refractivity contribution in [1.29, 1.82) is 0 Å². The highest BCUT2D eigenvalue weighted by atomic mass is 35.5. The number of hydrogen-bond acceptors (Lipinski definition) is 5. The Bertz CT molecular complexity index is 1480. The highest BCUT2D eigenvalue weighted by Crippen LogP contribution is 2.27. The number of anilines is 1. The highest BCUT2D eigenvalue weighted by Gasteiger charge is 2.35. The Kier molecular flexibility index (Phi) is 11.3. The summed E-state index contributed by atoms with van der Waals surface area (Å²) in [6.07, 6.45) is 0.288. The van der Waals surface area contributed by atoms with Crippen LogP contribution < -0.4 is 14.4 Å². The van der Waals surface area contributed by atoms with E-state index in [-0.39, 0.29) is 23.8 Å². The van der Waals surface area contributed by atoms with Crippen LogP contribution in [-0.4, -0.2) is 49.9 Å². The fourth-order valence-electron chi connectivity index (χ4n) is 4.33. The smallest absolute Gasteiger partial charge is 0.264 e. The van der Waals surface area contributed by atoms with Gasteiger partial charge >= 0.3 is 0 Å². The molecule has 42 heavy (non-hydrogen) atoms. The SMILES string of the molecule is CCOc1ccc(S(=O)(=O)N(CC(=O)N(Cc2ccc(Cl)cc2Cl)[C@@H](CC)C(=O)NC(C)(C)C)c2ccccc2)cc1. The number of rotatable bonds is 12. The standard InChI is InChI=1S/C31H37Cl2N3O5S/c1-6-28(30(38)34-31(3,4)5)35(20-22-13-14-23(32)19-27(22)33)29(37)21-36(24-11-9-8-10-12-24)42(39,40)26-17-15-25(16-18-26)41-7-2/h8-19,28H,6-7,20-21H2,1-5H3,(H,34,38)/t28-/m0/s1. The number of ether oxygens (including phenoxy) is 1. The molecule has 1 atom stereocenters. The van der Waals surface area contributed by atoms with E-state index in [9.17, 15) is 18.0 Å². The molecule has 0 spiro atoms. The molecular weight excluding hydrogens is 597 g/mol. The maximum absolute atomic E-state index is 14.1. The zero-order valence-corrected chi connectivity index (χ0v) is 26.8. The first kappa shape index (κ1) is 33.2. The Hall–Kier alpha value is -3.27. The van der Waals surface area contributed by atoms with Crippen molar-refractivity contribution in [3.05, 3.63) is 88.4 Å². The number of carbonyl (C=O) groups excluding carboxylic acids is 2. The second kappa shape index (κ2) is 14.3. The number of carbonyl (C=O) groups is 2. The minimum absolute atomic E-state index is 0.00702. The maximum Gasteiger partial charge on any atom is 0.264 e. The van der Waals surface area contributed by atoms with Crippen LogP contribution in [0.5, 0.6) is 5.75 Å². The second-order valence-corrected chi connectivity index (χ2v) is 13.4. The van der Waals surface area contributed by atoms with Crippen LogP contribution in [0.1, 0.15) is 46.6 Å². The van der Waals surface area contributed by atoms with E-state index in [4.69, 9.17) is 27.9 Å². The lowest BCUT2D eigenvalue weighted by Crippen LogP contribution is -2.55. The maximum atomic E-state index is 14.1. The molecule has 0 fully saturated rings. The molecule has 0 saturated heterocycles. The average molecular weight is 635 g/mol. The number of halogens is 2. The highest BCUT2D eigenvalue weighted by molar-refractivity contribution is 7.92. The molecule has 0 saturated carbocycles. The third kappa shape index (κ3) is 8.63. The summed E-state index contributed by atoms with van der Waals surface area (Å²) in [5.74, 6) is -0.403. The van der Waals surface area contributed by atoms with Crippen molar-refractivity contribution < 1.29 is 22.7 Å². The first-order valence-corrected chi connectivity index (χ1v) is 15.8. The number of para-hydroxylation sites is 1. The molecule has 226 valence electrons. The van der Waals surface area contributed by atoms with Gasteiger partial charge < -0.3 is 15.0 Å². The number of amides is 2. The first-order valence-electron chi connectivity index (χ1n) is 13.6. The summed E-state index contributed by atoms with van der Waals surface area (Å²) >= 11 is 12.6. The Labute approximate surface area is 258 Å². The lowest BCUT2D eigenvalue weighted by Gasteiger charge is -2.35. The van der Waals surface area contributed by atoms with Gasteiger partial charge in [0.15, 0.2) is 0 Å². The van der Waals surface area contributed by atoms with Crippen LogP contribution in [-0.2, 0) is 26.2 Å². The molecule has 0 radical (unpaired) electrons. The van der Waals surface area contributed by atoms with Crippen molar-refractivity contribution in [1.82, 2.24) is 10.2 Å². The number of hydrogen-bond donors (Lipinski definition) is 1. The van der Waals surface area contributed by atoms with E-state index in [0.717, 1.165) is 4.31 Å². The Balaban J connectivity index is 2.06. The summed E-state index contributed by atoms with van der Waals surface area (Å²) < 4.78 is 34.4. The molecule has 0 aliphatic carbocycles. The lowest BCUT2D eigenvalue weighted by atomic mass is 10.1. The minimum Gasteiger partial charge on any atom is -0.494 e. The van der Waals surface area contributed by atoms with E-state index >= 15 is 0 Å². The topological polar surface area (TPSA) is 96.0 Å². The quantitative estimate of drug-likeness (QED) is 0.252. The van der Waals surface area contributed by atoms with Crippen molar-refractivity contribution >= 4 is 50.7 Å². The van der Waals surface area contributed by atoms with Gasteiger partial charge in [-0.15, -0.1) is 0 Å². The third-order valence-corrected chi connectivity index (χ3v) is 8.66. The molecule has 0 unspecified atom stereocenters. The monoisotopic (exact) mass is 633 g/mol. The molecule has 8 nitrogen and oxygen atoms in total. The van der Waals surface area contributed by atoms with E-state index in [1.54, 1.807) is 67.6 Å². The van der Waals surface area contributed by atoms with Crippen LogP contribution in [0.4, 0.5) is 5.69 Å². The van der Waals surface area contributed by atoms with Gasteiger partial charge in [0.05, 0.1) is 17.2 Å². The molecule has 2 amide bonds. The number of nitrogens with one attached hydrogen (secondary N) is 1. The predicted molar refractivity (Wildman–Crippen MR) is 168 cm³/mol. The van der Waals surface area contributed by atoms with Gasteiger partial charge in [0, 0.05) is 22.1 Å². The molecule has 0 bridgehead atoms. The molecular formula is C31H37Cl2N3O5S. The van der Waals surface area contributed by atoms with Crippen LogP contribution in [0.25, 0.3) is 0 Å². The molecule has 1 N–H and O–H groups in total. The van der Waals surface area contributed by atoms with Gasteiger partial charge in [0.2, 0.25) is 11.8 Å². The molecule has 3 aromatic rings. The molecule has 0 aromatic heterocycles. The molecule has 0 heterocycles. The van der Waals surface area contributed by atoms with Gasteiger partial charge in [-0.2, -0.15) is 0 Å². The largest absolute Gasteiger partial charge is 0.494 e. The van der Waals surface area contributed by atoms with E-state index < -0.39 is 34.1 Å². The summed E-state index contributed by atoms with van der Waals surface area (Å²) in [4.78, 5) is 28.9. The van der Waals surface area contributed by atoms with E-state index in [0.29, 0.717) is 33.7 Å². The van der Waals surface area contributed by atoms with Crippen LogP contribution in [0, 0.1) is 0 Å². The summed E-state index contributed by atoms with van der Waals surface area (Å²) in [5.41, 5.74) is 0.318. The van der Waals surface area contributed by atoms with Gasteiger partial charge in [-0.05, 0) is 88.2 Å². The Morgan fingerprint density at radius 1 is 0.952 bits per heavy atom. The predicted octanol–water partition coefficient (Wildman–Crippen LogP) is 6.31. The first-order chi connectivity index (χ1) is 19.8. The molecule has 3 rings (SSSR count). The van der Waals surface area contributed by atoms with Crippen LogP contribution in [0.3, 0.4) is 0 Å². The van der Waals surface area contributed by atoms with Crippen LogP contribution in [0.15, 0.2) is 77.7 Å². The third-order valence-electron chi connectivity index (χ3n) is 6.29. The summed E-state index contributed by atoms with van der Waals surface area (Å²) in [6.45, 7) is 9.03. The number of nitrogens with zero attached hydrogens (tertiary/aromatic N) is 2. The number of sulfonamides is 1. The van der Waals surface area contributed by atoms with Crippen molar-refractivity contribution in [3.8, 4) is 5.75 Å². The summed E-state index contributed by atoms with van der Waals surface area (Å²) in [5, 5.41) is 3.69. The van der Waals surface area contributed by atoms with Gasteiger partial charge in [-0.3, -0.25) is 13.9 Å². The number of benzene rings is 3. The fraction of sp³-hybridized carbons (Fsp3) is 0.355. The summed E-state index contributed by atoms with van der Waals surface area (Å²) in [6, 6.07) is 18.4. The van der Waals surface area contributed by atoms with E-state index in [2.05, 4.69) is 5.32 Å². The van der Waals surface area contributed by atoms with Crippen molar-refractivity contribution in [2.75, 3.05) is 17.5 Å². The minimum atomic E-state index is -4.20.